The van der Waals surface area contributed by atoms with Crippen LogP contribution in [0.3, 0.4) is 0 Å². The first-order valence-electron chi connectivity index (χ1n) is 5.75. The number of hydrogen-bond acceptors (Lipinski definition) is 5. The topological polar surface area (TPSA) is 88.5 Å². The number of carboxylic acids is 1. The van der Waals surface area contributed by atoms with Crippen molar-refractivity contribution in [3.8, 4) is 0 Å². The van der Waals surface area contributed by atoms with Crippen LogP contribution in [-0.4, -0.2) is 28.8 Å². The number of amides is 1. The number of rotatable bonds is 5. The normalized spacial score (nSPS) is 10.2. The van der Waals surface area contributed by atoms with Crippen molar-refractivity contribution in [3.05, 3.63) is 41.4 Å². The molecule has 20 heavy (non-hydrogen) atoms. The largest absolute Gasteiger partial charge is 0.478 e. The molecule has 0 atom stereocenters. The summed E-state index contributed by atoms with van der Waals surface area (Å²) < 4.78 is 5.53. The third-order valence-corrected chi connectivity index (χ3v) is 3.43. The Balaban J connectivity index is 2.12. The van der Waals surface area contributed by atoms with E-state index in [1.807, 2.05) is 0 Å². The highest BCUT2D eigenvalue weighted by molar-refractivity contribution is 7.18. The smallest absolute Gasteiger partial charge is 0.407 e. The average Bonchev–Trinajstić information content (AvgIpc) is 2.85. The predicted octanol–water partition coefficient (Wildman–Crippen LogP) is 2.41. The van der Waals surface area contributed by atoms with E-state index in [9.17, 15) is 9.59 Å². The van der Waals surface area contributed by atoms with Crippen LogP contribution >= 0.6 is 11.3 Å². The number of hydrogen-bond donors (Lipinski definition) is 2. The number of fused-ring (bicyclic) bond motifs is 1. The molecule has 2 aromatic rings. The van der Waals surface area contributed by atoms with Gasteiger partial charge in [0.25, 0.3) is 0 Å². The molecular formula is C13H12N2O4S. The lowest BCUT2D eigenvalue weighted by molar-refractivity contribution is 0.0698. The molecule has 7 heteroatoms. The maximum atomic E-state index is 11.3. The van der Waals surface area contributed by atoms with Crippen LogP contribution < -0.4 is 5.32 Å². The standard InChI is InChI=1S/C13H12N2O4S/c1-2-6-19-13(18)14-7-10-15-11-8(12(16)17)4-3-5-9(11)20-10/h2-5H,1,6-7H2,(H,14,18)(H,16,17). The van der Waals surface area contributed by atoms with Crippen molar-refractivity contribution in [2.45, 2.75) is 6.54 Å². The van der Waals surface area contributed by atoms with E-state index < -0.39 is 12.1 Å². The lowest BCUT2D eigenvalue weighted by Gasteiger charge is -2.02. The van der Waals surface area contributed by atoms with Gasteiger partial charge in [-0.2, -0.15) is 0 Å². The van der Waals surface area contributed by atoms with Gasteiger partial charge in [-0.05, 0) is 12.1 Å². The first-order chi connectivity index (χ1) is 9.61. The van der Waals surface area contributed by atoms with Crippen molar-refractivity contribution in [2.24, 2.45) is 0 Å². The molecule has 0 aliphatic carbocycles. The summed E-state index contributed by atoms with van der Waals surface area (Å²) in [6, 6.07) is 4.96. The summed E-state index contributed by atoms with van der Waals surface area (Å²) >= 11 is 1.33. The van der Waals surface area contributed by atoms with Crippen molar-refractivity contribution in [1.82, 2.24) is 10.3 Å². The molecular weight excluding hydrogens is 280 g/mol. The number of benzene rings is 1. The molecule has 2 rings (SSSR count). The van der Waals surface area contributed by atoms with E-state index in [4.69, 9.17) is 9.84 Å². The predicted molar refractivity (Wildman–Crippen MR) is 75.0 cm³/mol. The molecule has 1 amide bonds. The summed E-state index contributed by atoms with van der Waals surface area (Å²) in [7, 11) is 0. The number of carboxylic acid groups (broad SMARTS) is 1. The van der Waals surface area contributed by atoms with Crippen LogP contribution in [-0.2, 0) is 11.3 Å². The quantitative estimate of drug-likeness (QED) is 0.826. The zero-order valence-corrected chi connectivity index (χ0v) is 11.3. The molecule has 0 saturated heterocycles. The molecule has 1 aromatic heterocycles. The molecule has 6 nitrogen and oxygen atoms in total. The molecule has 104 valence electrons. The fraction of sp³-hybridized carbons (Fsp3) is 0.154. The SMILES string of the molecule is C=CCOC(=O)NCc1nc2c(C(=O)O)cccc2s1. The van der Waals surface area contributed by atoms with Crippen molar-refractivity contribution >= 4 is 33.6 Å². The number of aromatic nitrogens is 1. The molecule has 0 spiro atoms. The second-order valence-corrected chi connectivity index (χ2v) is 4.92. The summed E-state index contributed by atoms with van der Waals surface area (Å²) in [5.74, 6) is -1.02. The Bertz CT molecular complexity index is 665. The molecule has 1 heterocycles. The van der Waals surface area contributed by atoms with E-state index in [1.54, 1.807) is 12.1 Å². The fourth-order valence-electron chi connectivity index (χ4n) is 1.58. The highest BCUT2D eigenvalue weighted by Gasteiger charge is 2.13. The molecule has 0 saturated carbocycles. The third kappa shape index (κ3) is 3.12. The number of para-hydroxylation sites is 1. The van der Waals surface area contributed by atoms with Gasteiger partial charge in [0.2, 0.25) is 0 Å². The molecule has 0 bridgehead atoms. The van der Waals surface area contributed by atoms with Gasteiger partial charge in [-0.15, -0.1) is 11.3 Å². The Morgan fingerprint density at radius 2 is 2.30 bits per heavy atom. The van der Waals surface area contributed by atoms with Gasteiger partial charge in [-0.25, -0.2) is 14.6 Å². The first-order valence-corrected chi connectivity index (χ1v) is 6.56. The van der Waals surface area contributed by atoms with Crippen LogP contribution in [0.5, 0.6) is 0 Å². The Labute approximate surface area is 118 Å². The number of carbonyl (C=O) groups excluding carboxylic acids is 1. The zero-order valence-electron chi connectivity index (χ0n) is 10.5. The van der Waals surface area contributed by atoms with E-state index in [0.29, 0.717) is 10.5 Å². The van der Waals surface area contributed by atoms with Gasteiger partial charge in [-0.3, -0.25) is 0 Å². The molecule has 1 aromatic carbocycles. The van der Waals surface area contributed by atoms with Gasteiger partial charge >= 0.3 is 12.1 Å². The van der Waals surface area contributed by atoms with Crippen molar-refractivity contribution in [3.63, 3.8) is 0 Å². The minimum atomic E-state index is -1.02. The second kappa shape index (κ2) is 6.16. The Kier molecular flexibility index (Phi) is 4.31. The van der Waals surface area contributed by atoms with Crippen LogP contribution in [0.1, 0.15) is 15.4 Å². The molecule has 0 unspecified atom stereocenters. The van der Waals surface area contributed by atoms with Crippen LogP contribution in [0, 0.1) is 0 Å². The fourth-order valence-corrected chi connectivity index (χ4v) is 2.51. The monoisotopic (exact) mass is 292 g/mol. The van der Waals surface area contributed by atoms with Gasteiger partial charge < -0.3 is 15.2 Å². The second-order valence-electron chi connectivity index (χ2n) is 3.81. The molecule has 0 aliphatic heterocycles. The van der Waals surface area contributed by atoms with E-state index in [2.05, 4.69) is 16.9 Å². The van der Waals surface area contributed by atoms with Crippen LogP contribution in [0.15, 0.2) is 30.9 Å². The summed E-state index contributed by atoms with van der Waals surface area (Å²) in [5, 5.41) is 12.2. The summed E-state index contributed by atoms with van der Waals surface area (Å²) in [4.78, 5) is 26.6. The number of nitrogens with one attached hydrogen (secondary N) is 1. The van der Waals surface area contributed by atoms with Gasteiger partial charge in [0.15, 0.2) is 0 Å². The van der Waals surface area contributed by atoms with Gasteiger partial charge in [0.05, 0.1) is 22.3 Å². The van der Waals surface area contributed by atoms with Gasteiger partial charge in [0.1, 0.15) is 11.6 Å². The number of aromatic carboxylic acids is 1. The minimum absolute atomic E-state index is 0.134. The van der Waals surface area contributed by atoms with Crippen molar-refractivity contribution < 1.29 is 19.4 Å². The van der Waals surface area contributed by atoms with Crippen molar-refractivity contribution in [2.75, 3.05) is 6.61 Å². The van der Waals surface area contributed by atoms with Gasteiger partial charge in [-0.1, -0.05) is 18.7 Å². The number of thiazole rings is 1. The summed E-state index contributed by atoms with van der Waals surface area (Å²) in [6.45, 7) is 3.76. The molecule has 2 N–H and O–H groups in total. The van der Waals surface area contributed by atoms with E-state index in [-0.39, 0.29) is 18.7 Å². The first kappa shape index (κ1) is 14.0. The molecule has 0 aliphatic rings. The lowest BCUT2D eigenvalue weighted by atomic mass is 10.2. The molecule has 0 fully saturated rings. The van der Waals surface area contributed by atoms with Gasteiger partial charge in [0, 0.05) is 0 Å². The minimum Gasteiger partial charge on any atom is -0.478 e. The summed E-state index contributed by atoms with van der Waals surface area (Å²) in [6.07, 6.45) is 0.902. The highest BCUT2D eigenvalue weighted by atomic mass is 32.1. The van der Waals surface area contributed by atoms with Crippen LogP contribution in [0.2, 0.25) is 0 Å². The van der Waals surface area contributed by atoms with E-state index >= 15 is 0 Å². The lowest BCUT2D eigenvalue weighted by Crippen LogP contribution is -2.23. The number of alkyl carbamates (subject to hydrolysis) is 1. The average molecular weight is 292 g/mol. The maximum Gasteiger partial charge on any atom is 0.407 e. The number of nitrogens with zero attached hydrogens (tertiary/aromatic N) is 1. The summed E-state index contributed by atoms with van der Waals surface area (Å²) in [5.41, 5.74) is 0.584. The number of carbonyl (C=O) groups is 2. The van der Waals surface area contributed by atoms with Crippen molar-refractivity contribution in [1.29, 1.82) is 0 Å². The van der Waals surface area contributed by atoms with Crippen LogP contribution in [0.4, 0.5) is 4.79 Å². The number of ether oxygens (including phenoxy) is 1. The van der Waals surface area contributed by atoms with E-state index in [1.165, 1.54) is 23.5 Å². The maximum absolute atomic E-state index is 11.3. The van der Waals surface area contributed by atoms with E-state index in [0.717, 1.165) is 4.70 Å². The Hall–Kier alpha value is -2.41. The highest BCUT2D eigenvalue weighted by Crippen LogP contribution is 2.24. The Morgan fingerprint density at radius 3 is 3.00 bits per heavy atom. The zero-order chi connectivity index (χ0) is 14.5. The Morgan fingerprint density at radius 1 is 1.50 bits per heavy atom. The molecule has 0 radical (unpaired) electrons. The third-order valence-electron chi connectivity index (χ3n) is 2.41. The van der Waals surface area contributed by atoms with Crippen LogP contribution in [0.25, 0.3) is 10.2 Å².